The van der Waals surface area contributed by atoms with Crippen LogP contribution >= 0.6 is 0 Å². The van der Waals surface area contributed by atoms with Gasteiger partial charge in [0.25, 0.3) is 10.0 Å². The summed E-state index contributed by atoms with van der Waals surface area (Å²) in [5, 5.41) is 0. The van der Waals surface area contributed by atoms with Gasteiger partial charge in [0.05, 0.1) is 47.6 Å². The fourth-order valence-electron chi connectivity index (χ4n) is 5.45. The first kappa shape index (κ1) is 31.4. The van der Waals surface area contributed by atoms with Crippen LogP contribution in [0.15, 0.2) is 65.6 Å². The standard InChI is InChI=1S/C29H27F6N3O5S/c1-2-42-27(39)17-36-8-9-37-22(15-36)16-38(44(40,41)24-5-3-4-20(13-24)29(33,34)35)26-12-18(6-7-25(26)37)19-10-21(30)14-23(11-19)43-28(31)32/h3-7,10-14,22,28H,2,8-9,15-17H2,1H3/t22-/m0/s1. The number of esters is 1. The molecule has 1 saturated heterocycles. The first-order chi connectivity index (χ1) is 20.8. The van der Waals surface area contributed by atoms with Crippen LogP contribution in [0.1, 0.15) is 12.5 Å². The lowest BCUT2D eigenvalue weighted by molar-refractivity contribution is -0.144. The summed E-state index contributed by atoms with van der Waals surface area (Å²) >= 11 is 0. The van der Waals surface area contributed by atoms with Crippen LogP contribution in [0.25, 0.3) is 11.1 Å². The number of halogens is 6. The summed E-state index contributed by atoms with van der Waals surface area (Å²) in [4.78, 5) is 15.3. The number of carbonyl (C=O) groups is 1. The van der Waals surface area contributed by atoms with Gasteiger partial charge in [0.2, 0.25) is 0 Å². The molecule has 0 aliphatic carbocycles. The summed E-state index contributed by atoms with van der Waals surface area (Å²) in [7, 11) is -4.59. The third kappa shape index (κ3) is 6.58. The van der Waals surface area contributed by atoms with E-state index in [1.165, 1.54) is 12.1 Å². The minimum absolute atomic E-state index is 0.0209. The molecular formula is C29H27F6N3O5S. The molecular weight excluding hydrogens is 616 g/mol. The average Bonchev–Trinajstić information content (AvgIpc) is 2.95. The number of ether oxygens (including phenoxy) is 2. The monoisotopic (exact) mass is 643 g/mol. The number of nitrogens with zero attached hydrogens (tertiary/aromatic N) is 3. The maximum Gasteiger partial charge on any atom is 0.416 e. The average molecular weight is 644 g/mol. The van der Waals surface area contributed by atoms with Crippen molar-refractivity contribution in [1.82, 2.24) is 4.90 Å². The number of anilines is 2. The van der Waals surface area contributed by atoms with Crippen LogP contribution in [0.2, 0.25) is 0 Å². The van der Waals surface area contributed by atoms with E-state index in [2.05, 4.69) is 4.74 Å². The Morgan fingerprint density at radius 2 is 1.75 bits per heavy atom. The number of piperazine rings is 1. The second-order valence-electron chi connectivity index (χ2n) is 10.2. The lowest BCUT2D eigenvalue weighted by Crippen LogP contribution is -2.61. The van der Waals surface area contributed by atoms with Crippen LogP contribution in [0, 0.1) is 5.82 Å². The van der Waals surface area contributed by atoms with Crippen LogP contribution in [-0.2, 0) is 25.7 Å². The molecule has 0 N–H and O–H groups in total. The highest BCUT2D eigenvalue weighted by molar-refractivity contribution is 7.92. The number of fused-ring (bicyclic) bond motifs is 3. The highest BCUT2D eigenvalue weighted by atomic mass is 32.2. The third-order valence-electron chi connectivity index (χ3n) is 7.33. The van der Waals surface area contributed by atoms with E-state index in [-0.39, 0.29) is 43.1 Å². The van der Waals surface area contributed by atoms with Gasteiger partial charge >= 0.3 is 18.8 Å². The van der Waals surface area contributed by atoms with Crippen molar-refractivity contribution in [3.63, 3.8) is 0 Å². The molecule has 0 spiro atoms. The van der Waals surface area contributed by atoms with Gasteiger partial charge in [-0.25, -0.2) is 12.8 Å². The van der Waals surface area contributed by atoms with Crippen LogP contribution < -0.4 is 13.9 Å². The summed E-state index contributed by atoms with van der Waals surface area (Å²) < 4.78 is 119. The lowest BCUT2D eigenvalue weighted by Gasteiger charge is -2.49. The highest BCUT2D eigenvalue weighted by Gasteiger charge is 2.41. The highest BCUT2D eigenvalue weighted by Crippen LogP contribution is 2.43. The van der Waals surface area contributed by atoms with Crippen molar-refractivity contribution in [2.75, 3.05) is 48.5 Å². The minimum Gasteiger partial charge on any atom is -0.465 e. The quantitative estimate of drug-likeness (QED) is 0.241. The van der Waals surface area contributed by atoms with Crippen molar-refractivity contribution in [3.05, 3.63) is 72.0 Å². The Hall–Kier alpha value is -3.98. The van der Waals surface area contributed by atoms with Gasteiger partial charge in [-0.05, 0) is 60.5 Å². The number of hydrogen-bond donors (Lipinski definition) is 0. The van der Waals surface area contributed by atoms with E-state index in [9.17, 15) is 39.6 Å². The number of alkyl halides is 5. The van der Waals surface area contributed by atoms with Gasteiger partial charge in [-0.15, -0.1) is 0 Å². The van der Waals surface area contributed by atoms with Gasteiger partial charge in [0, 0.05) is 25.7 Å². The smallest absolute Gasteiger partial charge is 0.416 e. The Labute approximate surface area is 249 Å². The van der Waals surface area contributed by atoms with Crippen molar-refractivity contribution in [1.29, 1.82) is 0 Å². The van der Waals surface area contributed by atoms with E-state index in [0.29, 0.717) is 24.8 Å². The lowest BCUT2D eigenvalue weighted by atomic mass is 10.00. The summed E-state index contributed by atoms with van der Waals surface area (Å²) in [5.41, 5.74) is -0.226. The summed E-state index contributed by atoms with van der Waals surface area (Å²) in [6, 6.07) is 10.5. The molecule has 2 aliphatic rings. The van der Waals surface area contributed by atoms with Gasteiger partial charge in [-0.3, -0.25) is 14.0 Å². The molecule has 236 valence electrons. The van der Waals surface area contributed by atoms with Crippen LogP contribution in [-0.4, -0.2) is 71.3 Å². The summed E-state index contributed by atoms with van der Waals surface area (Å²) in [6.45, 7) is -0.454. The maximum atomic E-state index is 14.4. The minimum atomic E-state index is -4.79. The zero-order chi connectivity index (χ0) is 31.8. The van der Waals surface area contributed by atoms with E-state index in [1.807, 2.05) is 9.80 Å². The third-order valence-corrected chi connectivity index (χ3v) is 9.11. The molecule has 44 heavy (non-hydrogen) atoms. The Morgan fingerprint density at radius 3 is 2.45 bits per heavy atom. The molecule has 0 unspecified atom stereocenters. The summed E-state index contributed by atoms with van der Waals surface area (Å²) in [5.74, 6) is -1.76. The zero-order valence-corrected chi connectivity index (χ0v) is 24.0. The fraction of sp³-hybridized carbons (Fsp3) is 0.345. The number of hydrogen-bond acceptors (Lipinski definition) is 7. The Morgan fingerprint density at radius 1 is 0.977 bits per heavy atom. The van der Waals surface area contributed by atoms with Crippen LogP contribution in [0.5, 0.6) is 5.75 Å². The van der Waals surface area contributed by atoms with Gasteiger partial charge in [-0.2, -0.15) is 22.0 Å². The second-order valence-corrected chi connectivity index (χ2v) is 12.1. The molecule has 0 aromatic heterocycles. The first-order valence-corrected chi connectivity index (χ1v) is 14.9. The molecule has 1 fully saturated rings. The Kier molecular flexibility index (Phi) is 8.71. The largest absolute Gasteiger partial charge is 0.465 e. The molecule has 5 rings (SSSR count). The van der Waals surface area contributed by atoms with E-state index in [0.717, 1.165) is 34.6 Å². The Bertz CT molecular complexity index is 1650. The van der Waals surface area contributed by atoms with Gasteiger partial charge in [0.1, 0.15) is 11.6 Å². The molecule has 8 nitrogen and oxygen atoms in total. The maximum absolute atomic E-state index is 14.4. The van der Waals surface area contributed by atoms with E-state index < -0.39 is 56.8 Å². The van der Waals surface area contributed by atoms with Gasteiger partial charge in [0.15, 0.2) is 0 Å². The topological polar surface area (TPSA) is 79.4 Å². The zero-order valence-electron chi connectivity index (χ0n) is 23.2. The molecule has 3 aromatic rings. The van der Waals surface area contributed by atoms with E-state index >= 15 is 0 Å². The molecule has 3 aromatic carbocycles. The predicted octanol–water partition coefficient (Wildman–Crippen LogP) is 5.38. The number of benzene rings is 3. The molecule has 2 aliphatic heterocycles. The fourth-order valence-corrected chi connectivity index (χ4v) is 7.00. The Balaban J connectivity index is 1.59. The number of sulfonamides is 1. The van der Waals surface area contributed by atoms with Crippen molar-refractivity contribution in [2.45, 2.75) is 30.6 Å². The van der Waals surface area contributed by atoms with Gasteiger partial charge < -0.3 is 14.4 Å². The van der Waals surface area contributed by atoms with Crippen LogP contribution in [0.3, 0.4) is 0 Å². The van der Waals surface area contributed by atoms with E-state index in [1.54, 1.807) is 19.1 Å². The molecule has 0 radical (unpaired) electrons. The predicted molar refractivity (Wildman–Crippen MR) is 149 cm³/mol. The first-order valence-electron chi connectivity index (χ1n) is 13.5. The molecule has 2 heterocycles. The molecule has 0 bridgehead atoms. The summed E-state index contributed by atoms with van der Waals surface area (Å²) in [6.07, 6.45) is -4.79. The SMILES string of the molecule is CCOC(=O)CN1CCN2c3ccc(-c4cc(F)cc(OC(F)F)c4)cc3N(S(=O)(=O)c3cccc(C(F)(F)F)c3)C[C@@H]2C1. The molecule has 0 amide bonds. The van der Waals surface area contributed by atoms with Crippen molar-refractivity contribution >= 4 is 27.4 Å². The molecule has 0 saturated carbocycles. The number of rotatable bonds is 8. The van der Waals surface area contributed by atoms with Gasteiger partial charge in [-0.1, -0.05) is 12.1 Å². The normalized spacial score (nSPS) is 17.3. The van der Waals surface area contributed by atoms with Crippen LogP contribution in [0.4, 0.5) is 37.7 Å². The number of carbonyl (C=O) groups excluding carboxylic acids is 1. The van der Waals surface area contributed by atoms with Crippen molar-refractivity contribution in [3.8, 4) is 16.9 Å². The second kappa shape index (κ2) is 12.2. The molecule has 1 atom stereocenters. The molecule has 15 heteroatoms. The van der Waals surface area contributed by atoms with E-state index in [4.69, 9.17) is 4.74 Å². The van der Waals surface area contributed by atoms with Crippen molar-refractivity contribution in [2.24, 2.45) is 0 Å². The van der Waals surface area contributed by atoms with Crippen molar-refractivity contribution < 1.29 is 49.0 Å².